The molecule has 0 spiro atoms. The fourth-order valence-electron chi connectivity index (χ4n) is 8.14. The highest BCUT2D eigenvalue weighted by Crippen LogP contribution is 2.38. The lowest BCUT2D eigenvalue weighted by molar-refractivity contribution is 1.05. The van der Waals surface area contributed by atoms with Crippen LogP contribution in [0.25, 0.3) is 100 Å². The Morgan fingerprint density at radius 3 is 1.71 bits per heavy atom. The first-order valence-corrected chi connectivity index (χ1v) is 18.9. The molecule has 4 aromatic heterocycles. The van der Waals surface area contributed by atoms with Crippen LogP contribution in [0.2, 0.25) is 0 Å². The van der Waals surface area contributed by atoms with Gasteiger partial charge in [0.25, 0.3) is 0 Å². The molecule has 0 saturated carbocycles. The molecule has 4 heterocycles. The van der Waals surface area contributed by atoms with Gasteiger partial charge in [0, 0.05) is 50.6 Å². The van der Waals surface area contributed by atoms with Crippen LogP contribution >= 0.6 is 0 Å². The predicted molar refractivity (Wildman–Crippen MR) is 230 cm³/mol. The maximum atomic E-state index is 5.25. The molecule has 0 amide bonds. The van der Waals surface area contributed by atoms with Crippen molar-refractivity contribution in [3.63, 3.8) is 0 Å². The van der Waals surface area contributed by atoms with E-state index in [9.17, 15) is 0 Å². The molecule has 0 bridgehead atoms. The topological polar surface area (TPSA) is 48.5 Å². The molecule has 0 aliphatic heterocycles. The van der Waals surface area contributed by atoms with Crippen LogP contribution in [0.4, 0.5) is 0 Å². The van der Waals surface area contributed by atoms with Crippen molar-refractivity contribution >= 4 is 43.7 Å². The summed E-state index contributed by atoms with van der Waals surface area (Å²) in [6.07, 6.45) is 1.88. The summed E-state index contributed by atoms with van der Waals surface area (Å²) in [5.74, 6) is 1.51. The predicted octanol–water partition coefficient (Wildman–Crippen LogP) is 12.7. The molecule has 56 heavy (non-hydrogen) atoms. The van der Waals surface area contributed by atoms with Crippen molar-refractivity contribution in [1.29, 1.82) is 0 Å². The van der Waals surface area contributed by atoms with E-state index in [2.05, 4.69) is 173 Å². The summed E-state index contributed by atoms with van der Waals surface area (Å²) < 4.78 is 4.57. The first kappa shape index (κ1) is 31.9. The van der Waals surface area contributed by atoms with Crippen molar-refractivity contribution in [2.75, 3.05) is 0 Å². The summed E-state index contributed by atoms with van der Waals surface area (Å²) in [4.78, 5) is 15.2. The van der Waals surface area contributed by atoms with Gasteiger partial charge in [0.1, 0.15) is 11.5 Å². The average molecular weight is 716 g/mol. The number of hydrogen-bond donors (Lipinski definition) is 0. The van der Waals surface area contributed by atoms with Gasteiger partial charge in [-0.1, -0.05) is 140 Å². The number of hydrogen-bond acceptors (Lipinski definition) is 3. The molecule has 0 saturated heterocycles. The minimum absolute atomic E-state index is 0.689. The molecule has 0 unspecified atom stereocenters. The lowest BCUT2D eigenvalue weighted by Gasteiger charge is -2.12. The third kappa shape index (κ3) is 5.29. The van der Waals surface area contributed by atoms with E-state index in [1.54, 1.807) is 0 Å². The maximum absolute atomic E-state index is 5.25. The molecular weight excluding hydrogens is 683 g/mol. The fraction of sp³-hybridized carbons (Fsp3) is 0. The van der Waals surface area contributed by atoms with Gasteiger partial charge in [-0.3, -0.25) is 9.13 Å². The van der Waals surface area contributed by atoms with Crippen LogP contribution in [0, 0.1) is 0 Å². The smallest absolute Gasteiger partial charge is 0.162 e. The number of pyridine rings is 1. The third-order valence-corrected chi connectivity index (χ3v) is 10.8. The number of benzene rings is 7. The van der Waals surface area contributed by atoms with E-state index >= 15 is 0 Å². The molecule has 0 atom stereocenters. The second-order valence-electron chi connectivity index (χ2n) is 14.1. The summed E-state index contributed by atoms with van der Waals surface area (Å²) in [7, 11) is 0. The van der Waals surface area contributed by atoms with Crippen molar-refractivity contribution in [3.8, 4) is 56.4 Å². The first-order chi connectivity index (χ1) is 27.8. The fourth-order valence-corrected chi connectivity index (χ4v) is 8.14. The molecule has 7 aromatic carbocycles. The Hall–Kier alpha value is -7.63. The minimum atomic E-state index is 0.689. The summed E-state index contributed by atoms with van der Waals surface area (Å²) in [6, 6.07) is 68.3. The van der Waals surface area contributed by atoms with E-state index in [1.165, 1.54) is 21.9 Å². The Morgan fingerprint density at radius 1 is 0.339 bits per heavy atom. The summed E-state index contributed by atoms with van der Waals surface area (Å²) in [5.41, 5.74) is 12.9. The zero-order chi connectivity index (χ0) is 37.0. The SMILES string of the molecule is c1ccc(-c2ccc(-n3c4ccc(-c5ccc6c7ccccc7n(-c7cc(-c8ccccc8)nc(-c8ccccc8)n7)c6c5)cc4c4cccnc43)cc2)cc1. The highest BCUT2D eigenvalue weighted by Gasteiger charge is 2.19. The number of nitrogens with zero attached hydrogens (tertiary/aromatic N) is 5. The lowest BCUT2D eigenvalue weighted by atomic mass is 10.0. The molecule has 0 aliphatic carbocycles. The second kappa shape index (κ2) is 13.0. The zero-order valence-corrected chi connectivity index (χ0v) is 30.3. The van der Waals surface area contributed by atoms with E-state index in [4.69, 9.17) is 15.0 Å². The molecule has 0 aliphatic rings. The van der Waals surface area contributed by atoms with Crippen LogP contribution in [0.15, 0.2) is 200 Å². The van der Waals surface area contributed by atoms with Gasteiger partial charge in [-0.25, -0.2) is 15.0 Å². The molecule has 0 radical (unpaired) electrons. The van der Waals surface area contributed by atoms with Gasteiger partial charge in [0.15, 0.2) is 5.82 Å². The molecule has 5 nitrogen and oxygen atoms in total. The van der Waals surface area contributed by atoms with E-state index < -0.39 is 0 Å². The third-order valence-electron chi connectivity index (χ3n) is 10.8. The monoisotopic (exact) mass is 715 g/mol. The van der Waals surface area contributed by atoms with Crippen LogP contribution in [0.3, 0.4) is 0 Å². The number of fused-ring (bicyclic) bond motifs is 6. The highest BCUT2D eigenvalue weighted by molar-refractivity contribution is 6.12. The van der Waals surface area contributed by atoms with Crippen molar-refractivity contribution < 1.29 is 0 Å². The Bertz CT molecular complexity index is 3160. The van der Waals surface area contributed by atoms with E-state index in [0.717, 1.165) is 72.4 Å². The van der Waals surface area contributed by atoms with E-state index in [0.29, 0.717) is 5.82 Å². The van der Waals surface area contributed by atoms with Gasteiger partial charge < -0.3 is 0 Å². The Labute approximate surface area is 323 Å². The molecule has 262 valence electrons. The summed E-state index contributed by atoms with van der Waals surface area (Å²) >= 11 is 0. The van der Waals surface area contributed by atoms with Crippen molar-refractivity contribution in [2.45, 2.75) is 0 Å². The van der Waals surface area contributed by atoms with Crippen LogP contribution in [0.1, 0.15) is 0 Å². The molecule has 11 rings (SSSR count). The van der Waals surface area contributed by atoms with E-state index in [-0.39, 0.29) is 0 Å². The number of aromatic nitrogens is 5. The Kier molecular flexibility index (Phi) is 7.42. The second-order valence-corrected chi connectivity index (χ2v) is 14.1. The van der Waals surface area contributed by atoms with Gasteiger partial charge in [0.2, 0.25) is 0 Å². The van der Waals surface area contributed by atoms with Crippen molar-refractivity contribution in [2.24, 2.45) is 0 Å². The Morgan fingerprint density at radius 2 is 0.929 bits per heavy atom. The Balaban J connectivity index is 1.08. The molecular formula is C51H33N5. The maximum Gasteiger partial charge on any atom is 0.162 e. The lowest BCUT2D eigenvalue weighted by Crippen LogP contribution is -2.02. The average Bonchev–Trinajstić information content (AvgIpc) is 3.79. The van der Waals surface area contributed by atoms with Gasteiger partial charge >= 0.3 is 0 Å². The molecule has 11 aromatic rings. The van der Waals surface area contributed by atoms with Crippen LogP contribution < -0.4 is 0 Å². The van der Waals surface area contributed by atoms with Crippen molar-refractivity contribution in [3.05, 3.63) is 200 Å². The first-order valence-electron chi connectivity index (χ1n) is 18.9. The molecule has 5 heteroatoms. The molecule has 0 fully saturated rings. The highest BCUT2D eigenvalue weighted by atomic mass is 15.1. The quantitative estimate of drug-likeness (QED) is 0.172. The van der Waals surface area contributed by atoms with Crippen LogP contribution in [-0.2, 0) is 0 Å². The van der Waals surface area contributed by atoms with Crippen LogP contribution in [0.5, 0.6) is 0 Å². The van der Waals surface area contributed by atoms with E-state index in [1.807, 2.05) is 36.5 Å². The van der Waals surface area contributed by atoms with Gasteiger partial charge in [0.05, 0.1) is 22.2 Å². The van der Waals surface area contributed by atoms with Crippen molar-refractivity contribution in [1.82, 2.24) is 24.1 Å². The zero-order valence-electron chi connectivity index (χ0n) is 30.3. The summed E-state index contributed by atoms with van der Waals surface area (Å²) in [6.45, 7) is 0. The summed E-state index contributed by atoms with van der Waals surface area (Å²) in [5, 5.41) is 4.63. The largest absolute Gasteiger partial charge is 0.294 e. The standard InChI is InChI=1S/C51H33N5/c1-4-13-34(14-5-1)35-22-26-40(27-23-35)55-47-29-25-38(31-44(47)43-20-12-30-52-51(43)55)39-24-28-42-41-19-10-11-21-46(41)56(48(42)32-39)49-33-45(36-15-6-2-7-16-36)53-50(54-49)37-17-8-3-9-18-37/h1-33H. The molecule has 0 N–H and O–H groups in total. The minimum Gasteiger partial charge on any atom is -0.294 e. The van der Waals surface area contributed by atoms with Gasteiger partial charge in [-0.15, -0.1) is 0 Å². The van der Waals surface area contributed by atoms with Crippen LogP contribution in [-0.4, -0.2) is 24.1 Å². The number of para-hydroxylation sites is 1. The number of rotatable bonds is 6. The van der Waals surface area contributed by atoms with Gasteiger partial charge in [-0.2, -0.15) is 0 Å². The normalized spacial score (nSPS) is 11.6. The van der Waals surface area contributed by atoms with Gasteiger partial charge in [-0.05, 0) is 70.8 Å².